The molecular formula is C9H6F4O3. The van der Waals surface area contributed by atoms with Crippen molar-refractivity contribution in [2.75, 3.05) is 7.11 Å². The first-order chi connectivity index (χ1) is 7.47. The highest BCUT2D eigenvalue weighted by atomic mass is 19.3. The number of benzene rings is 1. The Morgan fingerprint density at radius 1 is 1.31 bits per heavy atom. The summed E-state index contributed by atoms with van der Waals surface area (Å²) in [4.78, 5) is 11.0. The number of carbonyl (C=O) groups excluding carboxylic acids is 1. The Kier molecular flexibility index (Phi) is 3.70. The fraction of sp³-hybridized carbons (Fsp3) is 0.222. The normalized spacial score (nSPS) is 10.4. The third-order valence-electron chi connectivity index (χ3n) is 1.66. The van der Waals surface area contributed by atoms with E-state index in [1.54, 1.807) is 0 Å². The van der Waals surface area contributed by atoms with Crippen molar-refractivity contribution >= 4 is 5.97 Å². The molecule has 0 unspecified atom stereocenters. The van der Waals surface area contributed by atoms with Crippen LogP contribution in [0.2, 0.25) is 0 Å². The number of esters is 1. The van der Waals surface area contributed by atoms with Gasteiger partial charge in [-0.15, -0.1) is 0 Å². The van der Waals surface area contributed by atoms with Crippen molar-refractivity contribution in [2.24, 2.45) is 0 Å². The van der Waals surface area contributed by atoms with Gasteiger partial charge in [0.2, 0.25) is 5.82 Å². The Bertz CT molecular complexity index is 406. The van der Waals surface area contributed by atoms with Gasteiger partial charge in [-0.2, -0.15) is 13.2 Å². The summed E-state index contributed by atoms with van der Waals surface area (Å²) in [6, 6.07) is 1.40. The van der Waals surface area contributed by atoms with Crippen LogP contribution in [-0.4, -0.2) is 19.7 Å². The van der Waals surface area contributed by atoms with Crippen molar-refractivity contribution in [2.45, 2.75) is 6.61 Å². The van der Waals surface area contributed by atoms with Crippen LogP contribution in [0.4, 0.5) is 17.6 Å². The molecule has 0 radical (unpaired) electrons. The van der Waals surface area contributed by atoms with Gasteiger partial charge in [-0.1, -0.05) is 0 Å². The molecule has 88 valence electrons. The highest BCUT2D eigenvalue weighted by molar-refractivity contribution is 5.92. The summed E-state index contributed by atoms with van der Waals surface area (Å²) < 4.78 is 57.6. The molecule has 1 rings (SSSR count). The van der Waals surface area contributed by atoms with Gasteiger partial charge in [0, 0.05) is 0 Å². The van der Waals surface area contributed by atoms with Crippen LogP contribution in [0.15, 0.2) is 12.1 Å². The molecule has 0 amide bonds. The van der Waals surface area contributed by atoms with Gasteiger partial charge in [0.1, 0.15) is 5.56 Å². The second-order valence-electron chi connectivity index (χ2n) is 2.61. The molecule has 0 N–H and O–H groups in total. The average molecular weight is 238 g/mol. The van der Waals surface area contributed by atoms with E-state index in [0.717, 1.165) is 13.2 Å². The van der Waals surface area contributed by atoms with E-state index in [4.69, 9.17) is 0 Å². The number of halogens is 4. The fourth-order valence-electron chi connectivity index (χ4n) is 1.01. The van der Waals surface area contributed by atoms with Crippen LogP contribution in [0.1, 0.15) is 10.4 Å². The van der Waals surface area contributed by atoms with Gasteiger partial charge in [0.25, 0.3) is 0 Å². The van der Waals surface area contributed by atoms with E-state index >= 15 is 0 Å². The van der Waals surface area contributed by atoms with E-state index in [0.29, 0.717) is 6.07 Å². The van der Waals surface area contributed by atoms with Gasteiger partial charge < -0.3 is 9.47 Å². The van der Waals surface area contributed by atoms with Crippen molar-refractivity contribution in [3.8, 4) is 5.75 Å². The first-order valence-corrected chi connectivity index (χ1v) is 3.98. The maximum Gasteiger partial charge on any atom is 0.387 e. The van der Waals surface area contributed by atoms with Crippen LogP contribution in [0, 0.1) is 11.6 Å². The zero-order valence-electron chi connectivity index (χ0n) is 7.97. The molecule has 0 bridgehead atoms. The molecule has 0 aromatic heterocycles. The summed E-state index contributed by atoms with van der Waals surface area (Å²) in [5.41, 5.74) is -0.610. The smallest absolute Gasteiger partial charge is 0.387 e. The van der Waals surface area contributed by atoms with Crippen molar-refractivity contribution in [1.82, 2.24) is 0 Å². The predicted octanol–water partition coefficient (Wildman–Crippen LogP) is 2.35. The van der Waals surface area contributed by atoms with E-state index in [2.05, 4.69) is 9.47 Å². The Labute approximate surface area is 87.6 Å². The number of alkyl halides is 2. The maximum absolute atomic E-state index is 13.1. The monoisotopic (exact) mass is 238 g/mol. The van der Waals surface area contributed by atoms with Crippen LogP contribution in [0.5, 0.6) is 5.75 Å². The minimum absolute atomic E-state index is 0.610. The van der Waals surface area contributed by atoms with E-state index in [-0.39, 0.29) is 0 Å². The molecule has 16 heavy (non-hydrogen) atoms. The van der Waals surface area contributed by atoms with Crippen LogP contribution in [-0.2, 0) is 4.74 Å². The second-order valence-corrected chi connectivity index (χ2v) is 2.61. The number of ether oxygens (including phenoxy) is 2. The molecule has 0 aliphatic rings. The lowest BCUT2D eigenvalue weighted by atomic mass is 10.2. The minimum Gasteiger partial charge on any atom is -0.465 e. The highest BCUT2D eigenvalue weighted by Crippen LogP contribution is 2.27. The number of hydrogen-bond acceptors (Lipinski definition) is 3. The second kappa shape index (κ2) is 4.82. The van der Waals surface area contributed by atoms with Crippen LogP contribution in [0.25, 0.3) is 0 Å². The Hall–Kier alpha value is -1.79. The van der Waals surface area contributed by atoms with Crippen molar-refractivity contribution in [3.05, 3.63) is 29.3 Å². The van der Waals surface area contributed by atoms with Crippen molar-refractivity contribution < 1.29 is 31.8 Å². The SMILES string of the molecule is COC(=O)c1ccc(F)c(F)c1OC(F)F. The summed E-state index contributed by atoms with van der Waals surface area (Å²) in [6.07, 6.45) is 0. The van der Waals surface area contributed by atoms with E-state index in [1.807, 2.05) is 0 Å². The molecule has 0 aliphatic carbocycles. The van der Waals surface area contributed by atoms with Crippen LogP contribution < -0.4 is 4.74 Å². The largest absolute Gasteiger partial charge is 0.465 e. The van der Waals surface area contributed by atoms with Gasteiger partial charge in [-0.3, -0.25) is 0 Å². The molecule has 0 fully saturated rings. The van der Waals surface area contributed by atoms with Crippen molar-refractivity contribution in [3.63, 3.8) is 0 Å². The molecule has 0 spiro atoms. The Balaban J connectivity index is 3.27. The standard InChI is InChI=1S/C9H6F4O3/c1-15-8(14)4-2-3-5(10)6(11)7(4)16-9(12)13/h2-3,9H,1H3. The van der Waals surface area contributed by atoms with E-state index in [1.165, 1.54) is 0 Å². The molecule has 1 aromatic rings. The molecule has 0 saturated carbocycles. The Morgan fingerprint density at radius 3 is 2.44 bits per heavy atom. The third-order valence-corrected chi connectivity index (χ3v) is 1.66. The first-order valence-electron chi connectivity index (χ1n) is 3.98. The Morgan fingerprint density at radius 2 is 1.94 bits per heavy atom. The molecule has 3 nitrogen and oxygen atoms in total. The summed E-state index contributed by atoms with van der Waals surface area (Å²) in [7, 11) is 0.968. The number of hydrogen-bond donors (Lipinski definition) is 0. The van der Waals surface area contributed by atoms with E-state index < -0.39 is 35.5 Å². The van der Waals surface area contributed by atoms with Crippen LogP contribution >= 0.6 is 0 Å². The highest BCUT2D eigenvalue weighted by Gasteiger charge is 2.23. The number of methoxy groups -OCH3 is 1. The van der Waals surface area contributed by atoms with Gasteiger partial charge in [-0.25, -0.2) is 9.18 Å². The predicted molar refractivity (Wildman–Crippen MR) is 44.3 cm³/mol. The zero-order valence-corrected chi connectivity index (χ0v) is 7.97. The minimum atomic E-state index is -3.38. The van der Waals surface area contributed by atoms with Gasteiger partial charge in [0.05, 0.1) is 7.11 Å². The lowest BCUT2D eigenvalue weighted by molar-refractivity contribution is -0.0531. The van der Waals surface area contributed by atoms with E-state index in [9.17, 15) is 22.4 Å². The molecule has 0 atom stereocenters. The summed E-state index contributed by atoms with van der Waals surface area (Å²) >= 11 is 0. The fourth-order valence-corrected chi connectivity index (χ4v) is 1.01. The maximum atomic E-state index is 13.1. The zero-order chi connectivity index (χ0) is 12.3. The number of carbonyl (C=O) groups is 1. The molecular weight excluding hydrogens is 232 g/mol. The molecule has 0 aliphatic heterocycles. The average Bonchev–Trinajstić information content (AvgIpc) is 2.23. The molecule has 1 aromatic carbocycles. The first kappa shape index (κ1) is 12.3. The topological polar surface area (TPSA) is 35.5 Å². The van der Waals surface area contributed by atoms with Gasteiger partial charge in [0.15, 0.2) is 11.6 Å². The van der Waals surface area contributed by atoms with Gasteiger partial charge in [-0.05, 0) is 12.1 Å². The molecule has 0 heterocycles. The summed E-state index contributed by atoms with van der Waals surface area (Å²) in [5.74, 6) is -5.33. The van der Waals surface area contributed by atoms with Crippen LogP contribution in [0.3, 0.4) is 0 Å². The molecule has 7 heteroatoms. The summed E-state index contributed by atoms with van der Waals surface area (Å²) in [6.45, 7) is -3.38. The summed E-state index contributed by atoms with van der Waals surface area (Å²) in [5, 5.41) is 0. The quantitative estimate of drug-likeness (QED) is 0.599. The number of rotatable bonds is 3. The van der Waals surface area contributed by atoms with Crippen molar-refractivity contribution in [1.29, 1.82) is 0 Å². The molecule has 0 saturated heterocycles. The lowest BCUT2D eigenvalue weighted by Crippen LogP contribution is -2.11. The lowest BCUT2D eigenvalue weighted by Gasteiger charge is -2.10. The third kappa shape index (κ3) is 2.41. The van der Waals surface area contributed by atoms with Gasteiger partial charge >= 0.3 is 12.6 Å².